The largest absolute Gasteiger partial charge is 0.493 e. The van der Waals surface area contributed by atoms with Crippen molar-refractivity contribution in [1.82, 2.24) is 15.6 Å². The molecule has 2 N–H and O–H groups in total. The van der Waals surface area contributed by atoms with Crippen LogP contribution in [0, 0.1) is 0 Å². The van der Waals surface area contributed by atoms with Crippen molar-refractivity contribution in [2.45, 2.75) is 50.4 Å². The molecule has 3 heterocycles. The summed E-state index contributed by atoms with van der Waals surface area (Å²) >= 11 is 1.53. The molecule has 2 unspecified atom stereocenters. The number of carbonyl (C=O) groups excluding carboxylic acids is 1. The van der Waals surface area contributed by atoms with Crippen LogP contribution in [-0.2, 0) is 6.61 Å². The van der Waals surface area contributed by atoms with Crippen LogP contribution in [0.1, 0.15) is 41.7 Å². The van der Waals surface area contributed by atoms with Crippen molar-refractivity contribution in [3.63, 3.8) is 0 Å². The van der Waals surface area contributed by atoms with E-state index in [9.17, 15) is 4.79 Å². The van der Waals surface area contributed by atoms with E-state index in [2.05, 4.69) is 15.6 Å². The average molecular weight is 373 g/mol. The Hall–Kier alpha value is -2.12. The predicted molar refractivity (Wildman–Crippen MR) is 99.9 cm³/mol. The lowest BCUT2D eigenvalue weighted by Gasteiger charge is -2.29. The van der Waals surface area contributed by atoms with E-state index in [4.69, 9.17) is 9.47 Å². The van der Waals surface area contributed by atoms with Crippen LogP contribution >= 0.6 is 11.3 Å². The Balaban J connectivity index is 1.40. The molecule has 2 aromatic rings. The monoisotopic (exact) mass is 373 g/mol. The van der Waals surface area contributed by atoms with Gasteiger partial charge in [-0.3, -0.25) is 4.79 Å². The molecular weight excluding hydrogens is 350 g/mol. The van der Waals surface area contributed by atoms with Crippen molar-refractivity contribution in [2.75, 3.05) is 7.11 Å². The average Bonchev–Trinajstić information content (AvgIpc) is 3.29. The van der Waals surface area contributed by atoms with E-state index in [0.717, 1.165) is 18.5 Å². The first kappa shape index (κ1) is 17.3. The van der Waals surface area contributed by atoms with Gasteiger partial charge in [0.15, 0.2) is 11.5 Å². The second-order valence-corrected chi connectivity index (χ2v) is 7.63. The molecule has 2 saturated heterocycles. The van der Waals surface area contributed by atoms with E-state index in [1.807, 2.05) is 5.38 Å². The SMILES string of the molecule is COc1cc(C(=O)NC2CC3CCC(C2)N3)ccc1OCc1cscn1. The summed E-state index contributed by atoms with van der Waals surface area (Å²) in [6.07, 6.45) is 4.45. The first-order chi connectivity index (χ1) is 12.7. The number of fused-ring (bicyclic) bond motifs is 2. The number of carbonyl (C=O) groups is 1. The van der Waals surface area contributed by atoms with Crippen LogP contribution < -0.4 is 20.1 Å². The van der Waals surface area contributed by atoms with Gasteiger partial charge in [0.2, 0.25) is 0 Å². The molecule has 6 nitrogen and oxygen atoms in total. The fourth-order valence-electron chi connectivity index (χ4n) is 3.83. The number of hydrogen-bond acceptors (Lipinski definition) is 6. The molecule has 2 aliphatic rings. The molecule has 1 aromatic heterocycles. The van der Waals surface area contributed by atoms with Crippen LogP contribution in [0.4, 0.5) is 0 Å². The number of thiazole rings is 1. The molecule has 0 radical (unpaired) electrons. The zero-order chi connectivity index (χ0) is 17.9. The second-order valence-electron chi connectivity index (χ2n) is 6.91. The first-order valence-electron chi connectivity index (χ1n) is 8.96. The third kappa shape index (κ3) is 3.83. The van der Waals surface area contributed by atoms with E-state index >= 15 is 0 Å². The lowest BCUT2D eigenvalue weighted by atomic mass is 9.99. The van der Waals surface area contributed by atoms with Crippen LogP contribution in [0.5, 0.6) is 11.5 Å². The molecule has 26 heavy (non-hydrogen) atoms. The highest BCUT2D eigenvalue weighted by molar-refractivity contribution is 7.07. The molecule has 138 valence electrons. The van der Waals surface area contributed by atoms with Gasteiger partial charge in [-0.2, -0.15) is 0 Å². The zero-order valence-corrected chi connectivity index (χ0v) is 15.6. The van der Waals surface area contributed by atoms with Gasteiger partial charge in [-0.25, -0.2) is 4.98 Å². The van der Waals surface area contributed by atoms with Gasteiger partial charge in [-0.1, -0.05) is 0 Å². The zero-order valence-electron chi connectivity index (χ0n) is 14.7. The van der Waals surface area contributed by atoms with Gasteiger partial charge in [0, 0.05) is 29.1 Å². The van der Waals surface area contributed by atoms with E-state index < -0.39 is 0 Å². The number of nitrogens with zero attached hydrogens (tertiary/aromatic N) is 1. The lowest BCUT2D eigenvalue weighted by molar-refractivity contribution is 0.0923. The van der Waals surface area contributed by atoms with Crippen molar-refractivity contribution in [1.29, 1.82) is 0 Å². The number of aromatic nitrogens is 1. The third-order valence-corrected chi connectivity index (χ3v) is 5.73. The third-order valence-electron chi connectivity index (χ3n) is 5.09. The Bertz CT molecular complexity index is 753. The van der Waals surface area contributed by atoms with Crippen LogP contribution in [0.2, 0.25) is 0 Å². The van der Waals surface area contributed by atoms with Crippen molar-refractivity contribution in [2.24, 2.45) is 0 Å². The molecule has 0 saturated carbocycles. The van der Waals surface area contributed by atoms with Gasteiger partial charge < -0.3 is 20.1 Å². The highest BCUT2D eigenvalue weighted by Crippen LogP contribution is 2.30. The number of ether oxygens (including phenoxy) is 2. The summed E-state index contributed by atoms with van der Waals surface area (Å²) in [5.41, 5.74) is 3.24. The molecule has 2 bridgehead atoms. The Kier molecular flexibility index (Phi) is 5.08. The summed E-state index contributed by atoms with van der Waals surface area (Å²) in [7, 11) is 1.58. The first-order valence-corrected chi connectivity index (χ1v) is 9.90. The lowest BCUT2D eigenvalue weighted by Crippen LogP contribution is -2.48. The van der Waals surface area contributed by atoms with E-state index in [1.165, 1.54) is 24.2 Å². The summed E-state index contributed by atoms with van der Waals surface area (Å²) in [5.74, 6) is 1.11. The van der Waals surface area contributed by atoms with Crippen LogP contribution in [0.25, 0.3) is 0 Å². The number of hydrogen-bond donors (Lipinski definition) is 2. The Morgan fingerprint density at radius 3 is 2.81 bits per heavy atom. The molecule has 7 heteroatoms. The van der Waals surface area contributed by atoms with Crippen molar-refractivity contribution in [3.8, 4) is 11.5 Å². The smallest absolute Gasteiger partial charge is 0.251 e. The molecule has 2 aliphatic heterocycles. The Labute approximate surface area is 156 Å². The van der Waals surface area contributed by atoms with Crippen molar-refractivity contribution >= 4 is 17.2 Å². The normalized spacial score (nSPS) is 24.3. The van der Waals surface area contributed by atoms with E-state index in [0.29, 0.717) is 35.8 Å². The summed E-state index contributed by atoms with van der Waals surface area (Å²) in [4.78, 5) is 16.8. The fraction of sp³-hybridized carbons (Fsp3) is 0.474. The van der Waals surface area contributed by atoms with E-state index in [1.54, 1.807) is 30.8 Å². The minimum absolute atomic E-state index is 0.0550. The number of benzene rings is 1. The summed E-state index contributed by atoms with van der Waals surface area (Å²) in [6.45, 7) is 0.378. The van der Waals surface area contributed by atoms with Crippen molar-refractivity contribution < 1.29 is 14.3 Å². The molecule has 2 fully saturated rings. The number of piperidine rings is 1. The van der Waals surface area contributed by atoms with Gasteiger partial charge in [0.25, 0.3) is 5.91 Å². The molecule has 0 aliphatic carbocycles. The topological polar surface area (TPSA) is 72.5 Å². The molecular formula is C19H23N3O3S. The number of nitrogens with one attached hydrogen (secondary N) is 2. The minimum Gasteiger partial charge on any atom is -0.493 e. The quantitative estimate of drug-likeness (QED) is 0.815. The molecule has 0 spiro atoms. The summed E-state index contributed by atoms with van der Waals surface area (Å²) < 4.78 is 11.2. The molecule has 1 aromatic carbocycles. The van der Waals surface area contributed by atoms with Crippen LogP contribution in [-0.4, -0.2) is 36.1 Å². The summed E-state index contributed by atoms with van der Waals surface area (Å²) in [5, 5.41) is 8.71. The van der Waals surface area contributed by atoms with Crippen molar-refractivity contribution in [3.05, 3.63) is 40.3 Å². The van der Waals surface area contributed by atoms with Gasteiger partial charge >= 0.3 is 0 Å². The number of amides is 1. The summed E-state index contributed by atoms with van der Waals surface area (Å²) in [6, 6.07) is 6.65. The highest BCUT2D eigenvalue weighted by Gasteiger charge is 2.34. The molecule has 2 atom stereocenters. The maximum atomic E-state index is 12.6. The number of rotatable bonds is 6. The maximum absolute atomic E-state index is 12.6. The second kappa shape index (κ2) is 7.63. The molecule has 1 amide bonds. The fourth-order valence-corrected chi connectivity index (χ4v) is 4.38. The van der Waals surface area contributed by atoms with Gasteiger partial charge in [0.05, 0.1) is 18.3 Å². The minimum atomic E-state index is -0.0550. The van der Waals surface area contributed by atoms with Crippen LogP contribution in [0.15, 0.2) is 29.1 Å². The Morgan fingerprint density at radius 2 is 2.12 bits per heavy atom. The highest BCUT2D eigenvalue weighted by atomic mass is 32.1. The van der Waals surface area contributed by atoms with Gasteiger partial charge in [-0.15, -0.1) is 11.3 Å². The van der Waals surface area contributed by atoms with Gasteiger partial charge in [0.1, 0.15) is 6.61 Å². The van der Waals surface area contributed by atoms with Gasteiger partial charge in [-0.05, 0) is 43.9 Å². The standard InChI is InChI=1S/C19H23N3O3S/c1-24-18-6-12(2-5-17(18)25-9-16-10-26-11-20-16)19(23)22-15-7-13-3-4-14(8-15)21-13/h2,5-6,10-11,13-15,21H,3-4,7-9H2,1H3,(H,22,23). The van der Waals surface area contributed by atoms with Crippen LogP contribution in [0.3, 0.4) is 0 Å². The molecule has 4 rings (SSSR count). The maximum Gasteiger partial charge on any atom is 0.251 e. The Morgan fingerprint density at radius 1 is 1.31 bits per heavy atom. The van der Waals surface area contributed by atoms with E-state index in [-0.39, 0.29) is 11.9 Å². The number of methoxy groups -OCH3 is 1. The predicted octanol–water partition coefficient (Wildman–Crippen LogP) is 2.74.